The van der Waals surface area contributed by atoms with Gasteiger partial charge in [-0.05, 0) is 54.0 Å². The zero-order valence-electron chi connectivity index (χ0n) is 14.4. The van der Waals surface area contributed by atoms with E-state index in [2.05, 4.69) is 36.8 Å². The molecule has 1 aromatic heterocycles. The molecule has 0 unspecified atom stereocenters. The SMILES string of the molecule is CC(C)N(C(=O)COc1c(Br)cc(Br)c2cccnc12)c1ccccc1. The minimum atomic E-state index is -0.106. The van der Waals surface area contributed by atoms with Crippen LogP contribution in [0.1, 0.15) is 13.8 Å². The minimum absolute atomic E-state index is 0.0247. The number of fused-ring (bicyclic) bond motifs is 1. The monoisotopic (exact) mass is 476 g/mol. The average Bonchev–Trinajstić information content (AvgIpc) is 2.62. The van der Waals surface area contributed by atoms with Crippen molar-refractivity contribution < 1.29 is 9.53 Å². The fourth-order valence-electron chi connectivity index (χ4n) is 2.81. The van der Waals surface area contributed by atoms with Crippen LogP contribution < -0.4 is 9.64 Å². The maximum absolute atomic E-state index is 12.8. The quantitative estimate of drug-likeness (QED) is 0.481. The Hall–Kier alpha value is -1.92. The summed E-state index contributed by atoms with van der Waals surface area (Å²) in [4.78, 5) is 19.0. The lowest BCUT2D eigenvalue weighted by Gasteiger charge is -2.27. The second-order valence-electron chi connectivity index (χ2n) is 6.05. The summed E-state index contributed by atoms with van der Waals surface area (Å²) in [6.07, 6.45) is 1.71. The average molecular weight is 478 g/mol. The van der Waals surface area contributed by atoms with Crippen molar-refractivity contribution in [3.63, 3.8) is 0 Å². The summed E-state index contributed by atoms with van der Waals surface area (Å²) >= 11 is 7.04. The third-order valence-corrected chi connectivity index (χ3v) is 5.16. The van der Waals surface area contributed by atoms with Gasteiger partial charge in [-0.1, -0.05) is 40.2 Å². The van der Waals surface area contributed by atoms with Gasteiger partial charge < -0.3 is 9.64 Å². The molecule has 0 aliphatic heterocycles. The van der Waals surface area contributed by atoms with Gasteiger partial charge in [-0.2, -0.15) is 0 Å². The van der Waals surface area contributed by atoms with E-state index in [4.69, 9.17) is 4.74 Å². The number of hydrogen-bond donors (Lipinski definition) is 0. The Labute approximate surface area is 169 Å². The molecule has 1 heterocycles. The van der Waals surface area contributed by atoms with E-state index in [9.17, 15) is 4.79 Å². The Morgan fingerprint density at radius 3 is 2.54 bits per heavy atom. The minimum Gasteiger partial charge on any atom is -0.480 e. The van der Waals surface area contributed by atoms with Gasteiger partial charge in [-0.25, -0.2) is 0 Å². The first kappa shape index (κ1) is 18.9. The lowest BCUT2D eigenvalue weighted by atomic mass is 10.2. The van der Waals surface area contributed by atoms with E-state index in [1.807, 2.05) is 62.4 Å². The Balaban J connectivity index is 1.87. The maximum atomic E-state index is 12.8. The molecule has 26 heavy (non-hydrogen) atoms. The highest BCUT2D eigenvalue weighted by molar-refractivity contribution is 9.11. The van der Waals surface area contributed by atoms with Gasteiger partial charge in [0.2, 0.25) is 0 Å². The van der Waals surface area contributed by atoms with Crippen LogP contribution in [0.25, 0.3) is 10.9 Å². The van der Waals surface area contributed by atoms with E-state index < -0.39 is 0 Å². The van der Waals surface area contributed by atoms with Gasteiger partial charge in [-0.15, -0.1) is 0 Å². The highest BCUT2D eigenvalue weighted by Gasteiger charge is 2.21. The van der Waals surface area contributed by atoms with Crippen molar-refractivity contribution in [1.29, 1.82) is 0 Å². The van der Waals surface area contributed by atoms with Crippen LogP contribution in [-0.4, -0.2) is 23.5 Å². The van der Waals surface area contributed by atoms with Crippen molar-refractivity contribution in [2.45, 2.75) is 19.9 Å². The number of anilines is 1. The summed E-state index contributed by atoms with van der Waals surface area (Å²) < 4.78 is 7.56. The molecule has 0 spiro atoms. The van der Waals surface area contributed by atoms with Crippen LogP contribution in [-0.2, 0) is 4.79 Å². The predicted octanol–water partition coefficient (Wildman–Crippen LogP) is 5.58. The molecule has 0 radical (unpaired) electrons. The Morgan fingerprint density at radius 2 is 1.85 bits per heavy atom. The fraction of sp³-hybridized carbons (Fsp3) is 0.200. The first-order valence-electron chi connectivity index (χ1n) is 8.21. The van der Waals surface area contributed by atoms with E-state index in [1.54, 1.807) is 11.1 Å². The first-order chi connectivity index (χ1) is 12.5. The second kappa shape index (κ2) is 8.18. The number of para-hydroxylation sites is 1. The molecule has 0 fully saturated rings. The van der Waals surface area contributed by atoms with E-state index in [-0.39, 0.29) is 18.6 Å². The van der Waals surface area contributed by atoms with Gasteiger partial charge in [0.1, 0.15) is 5.52 Å². The number of aromatic nitrogens is 1. The number of ether oxygens (including phenoxy) is 1. The third kappa shape index (κ3) is 3.91. The molecule has 134 valence electrons. The van der Waals surface area contributed by atoms with Gasteiger partial charge in [0.25, 0.3) is 5.91 Å². The number of halogens is 2. The molecule has 0 N–H and O–H groups in total. The van der Waals surface area contributed by atoms with Crippen LogP contribution in [0.3, 0.4) is 0 Å². The third-order valence-electron chi connectivity index (χ3n) is 3.91. The summed E-state index contributed by atoms with van der Waals surface area (Å²) in [5.41, 5.74) is 1.56. The summed E-state index contributed by atoms with van der Waals surface area (Å²) in [5.74, 6) is 0.457. The van der Waals surface area contributed by atoms with Crippen LogP contribution in [0.2, 0.25) is 0 Å². The normalized spacial score (nSPS) is 11.0. The highest BCUT2D eigenvalue weighted by atomic mass is 79.9. The predicted molar refractivity (Wildman–Crippen MR) is 112 cm³/mol. The Bertz CT molecular complexity index is 930. The number of nitrogens with zero attached hydrogens (tertiary/aromatic N) is 2. The van der Waals surface area contributed by atoms with Crippen molar-refractivity contribution in [3.8, 4) is 5.75 Å². The molecular weight excluding hydrogens is 460 g/mol. The second-order valence-corrected chi connectivity index (χ2v) is 7.76. The van der Waals surface area contributed by atoms with Gasteiger partial charge >= 0.3 is 0 Å². The number of rotatable bonds is 5. The number of benzene rings is 2. The lowest BCUT2D eigenvalue weighted by molar-refractivity contribution is -0.120. The van der Waals surface area contributed by atoms with Crippen molar-refractivity contribution in [3.05, 3.63) is 63.7 Å². The molecule has 6 heteroatoms. The summed E-state index contributed by atoms with van der Waals surface area (Å²) in [5, 5.41) is 0.932. The maximum Gasteiger partial charge on any atom is 0.265 e. The standard InChI is InChI=1S/C20H18Br2N2O2/c1-13(2)24(14-7-4-3-5-8-14)18(25)12-26-20-17(22)11-16(21)15-9-6-10-23-19(15)20/h3-11,13H,12H2,1-2H3. The zero-order chi connectivity index (χ0) is 18.7. The Kier molecular flexibility index (Phi) is 5.94. The molecule has 4 nitrogen and oxygen atoms in total. The lowest BCUT2D eigenvalue weighted by Crippen LogP contribution is -2.40. The fourth-order valence-corrected chi connectivity index (χ4v) is 4.19. The molecule has 0 saturated carbocycles. The van der Waals surface area contributed by atoms with Gasteiger partial charge in [0.15, 0.2) is 12.4 Å². The zero-order valence-corrected chi connectivity index (χ0v) is 17.6. The van der Waals surface area contributed by atoms with Crippen LogP contribution in [0.5, 0.6) is 5.75 Å². The van der Waals surface area contributed by atoms with E-state index in [1.165, 1.54) is 0 Å². The molecular formula is C20H18Br2N2O2. The molecule has 0 bridgehead atoms. The summed E-state index contributed by atoms with van der Waals surface area (Å²) in [6, 6.07) is 15.4. The van der Waals surface area contributed by atoms with Gasteiger partial charge in [0.05, 0.1) is 4.47 Å². The van der Waals surface area contributed by atoms with E-state index >= 15 is 0 Å². The van der Waals surface area contributed by atoms with Crippen LogP contribution in [0.15, 0.2) is 63.7 Å². The molecule has 0 aliphatic rings. The summed E-state index contributed by atoms with van der Waals surface area (Å²) in [6.45, 7) is 3.90. The molecule has 0 atom stereocenters. The van der Waals surface area contributed by atoms with E-state index in [0.29, 0.717) is 11.3 Å². The van der Waals surface area contributed by atoms with Crippen molar-refractivity contribution in [2.75, 3.05) is 11.5 Å². The van der Waals surface area contributed by atoms with Crippen LogP contribution >= 0.6 is 31.9 Å². The Morgan fingerprint density at radius 1 is 1.12 bits per heavy atom. The molecule has 3 aromatic rings. The van der Waals surface area contributed by atoms with E-state index in [0.717, 1.165) is 20.0 Å². The van der Waals surface area contributed by atoms with Crippen molar-refractivity contribution >= 4 is 54.4 Å². The van der Waals surface area contributed by atoms with Gasteiger partial charge in [-0.3, -0.25) is 9.78 Å². The largest absolute Gasteiger partial charge is 0.480 e. The number of carbonyl (C=O) groups excluding carboxylic acids is 1. The smallest absolute Gasteiger partial charge is 0.265 e. The highest BCUT2D eigenvalue weighted by Crippen LogP contribution is 2.37. The van der Waals surface area contributed by atoms with Gasteiger partial charge in [0, 0.05) is 27.8 Å². The van der Waals surface area contributed by atoms with Crippen LogP contribution in [0.4, 0.5) is 5.69 Å². The number of hydrogen-bond acceptors (Lipinski definition) is 3. The molecule has 3 rings (SSSR count). The number of amides is 1. The molecule has 2 aromatic carbocycles. The summed E-state index contributed by atoms with van der Waals surface area (Å²) in [7, 11) is 0. The van der Waals surface area contributed by atoms with Crippen molar-refractivity contribution in [2.24, 2.45) is 0 Å². The van der Waals surface area contributed by atoms with Crippen LogP contribution in [0, 0.1) is 0 Å². The molecule has 1 amide bonds. The molecule has 0 aliphatic carbocycles. The first-order valence-corrected chi connectivity index (χ1v) is 9.80. The molecule has 0 saturated heterocycles. The van der Waals surface area contributed by atoms with Crippen molar-refractivity contribution in [1.82, 2.24) is 4.98 Å². The number of pyridine rings is 1. The topological polar surface area (TPSA) is 42.4 Å². The number of carbonyl (C=O) groups is 1.